The predicted molar refractivity (Wildman–Crippen MR) is 85.7 cm³/mol. The van der Waals surface area contributed by atoms with E-state index < -0.39 is 10.0 Å². The van der Waals surface area contributed by atoms with Crippen LogP contribution in [0.5, 0.6) is 5.75 Å². The Labute approximate surface area is 132 Å². The molecule has 122 valence electrons. The minimum atomic E-state index is -3.43. The van der Waals surface area contributed by atoms with Crippen LogP contribution in [0, 0.1) is 0 Å². The smallest absolute Gasteiger partial charge is 0.243 e. The van der Waals surface area contributed by atoms with Crippen LogP contribution in [0.15, 0.2) is 23.1 Å². The Morgan fingerprint density at radius 3 is 2.82 bits per heavy atom. The van der Waals surface area contributed by atoms with Crippen molar-refractivity contribution in [3.8, 4) is 5.75 Å². The molecule has 0 aromatic heterocycles. The number of rotatable bonds is 5. The first kappa shape index (κ1) is 15.8. The van der Waals surface area contributed by atoms with E-state index in [2.05, 4.69) is 5.32 Å². The lowest BCUT2D eigenvalue weighted by atomic mass is 10.1. The van der Waals surface area contributed by atoms with Crippen molar-refractivity contribution in [2.24, 2.45) is 0 Å². The van der Waals surface area contributed by atoms with Crippen LogP contribution >= 0.6 is 0 Å². The average Bonchev–Trinajstić information content (AvgIpc) is 3.00. The highest BCUT2D eigenvalue weighted by Crippen LogP contribution is 2.30. The van der Waals surface area contributed by atoms with Gasteiger partial charge in [-0.05, 0) is 56.1 Å². The molecule has 1 aromatic rings. The highest BCUT2D eigenvalue weighted by molar-refractivity contribution is 7.89. The molecule has 0 atom stereocenters. The summed E-state index contributed by atoms with van der Waals surface area (Å²) in [7, 11) is -3.43. The Bertz CT molecular complexity index is 624. The summed E-state index contributed by atoms with van der Waals surface area (Å²) < 4.78 is 33.4. The molecule has 1 N–H and O–H groups in total. The van der Waals surface area contributed by atoms with Crippen LogP contribution in [0.4, 0.5) is 0 Å². The van der Waals surface area contributed by atoms with Gasteiger partial charge in [-0.2, -0.15) is 4.31 Å². The van der Waals surface area contributed by atoms with Crippen LogP contribution in [0.2, 0.25) is 0 Å². The maximum Gasteiger partial charge on any atom is 0.243 e. The van der Waals surface area contributed by atoms with Gasteiger partial charge in [0.15, 0.2) is 0 Å². The quantitative estimate of drug-likeness (QED) is 0.897. The maximum atomic E-state index is 13.1. The second-order valence-electron chi connectivity index (χ2n) is 5.96. The molecule has 3 rings (SSSR count). The van der Waals surface area contributed by atoms with Crippen LogP contribution in [0.25, 0.3) is 0 Å². The van der Waals surface area contributed by atoms with E-state index in [1.165, 1.54) is 0 Å². The molecule has 22 heavy (non-hydrogen) atoms. The summed E-state index contributed by atoms with van der Waals surface area (Å²) in [5.41, 5.74) is 1.00. The van der Waals surface area contributed by atoms with Gasteiger partial charge in [0.1, 0.15) is 5.75 Å². The van der Waals surface area contributed by atoms with Crippen LogP contribution in [-0.4, -0.2) is 45.0 Å². The van der Waals surface area contributed by atoms with Crippen molar-refractivity contribution in [1.82, 2.24) is 9.62 Å². The molecule has 5 nitrogen and oxygen atoms in total. The SMILES string of the molecule is CCCN(C1CCNCC1)S(=O)(=O)c1ccc2c(c1)CCO2. The molecule has 0 spiro atoms. The monoisotopic (exact) mass is 324 g/mol. The molecule has 0 amide bonds. The fraction of sp³-hybridized carbons (Fsp3) is 0.625. The number of sulfonamides is 1. The van der Waals surface area contributed by atoms with Gasteiger partial charge in [0, 0.05) is 19.0 Å². The highest BCUT2D eigenvalue weighted by Gasteiger charge is 2.32. The third-order valence-corrected chi connectivity index (χ3v) is 6.38. The zero-order valence-electron chi connectivity index (χ0n) is 13.0. The molecule has 1 aromatic carbocycles. The number of ether oxygens (including phenoxy) is 1. The van der Waals surface area contributed by atoms with Crippen LogP contribution in [-0.2, 0) is 16.4 Å². The summed E-state index contributed by atoms with van der Waals surface area (Å²) in [4.78, 5) is 0.406. The first-order valence-electron chi connectivity index (χ1n) is 8.11. The minimum Gasteiger partial charge on any atom is -0.493 e. The summed E-state index contributed by atoms with van der Waals surface area (Å²) in [6, 6.07) is 5.38. The van der Waals surface area contributed by atoms with Crippen molar-refractivity contribution in [2.45, 2.75) is 43.5 Å². The normalized spacial score (nSPS) is 19.2. The van der Waals surface area contributed by atoms with Gasteiger partial charge in [-0.1, -0.05) is 6.92 Å². The van der Waals surface area contributed by atoms with Crippen LogP contribution in [0.1, 0.15) is 31.7 Å². The third kappa shape index (κ3) is 3.00. The zero-order valence-corrected chi connectivity index (χ0v) is 13.9. The van der Waals surface area contributed by atoms with E-state index in [9.17, 15) is 8.42 Å². The molecule has 1 saturated heterocycles. The van der Waals surface area contributed by atoms with Crippen molar-refractivity contribution in [2.75, 3.05) is 26.2 Å². The van der Waals surface area contributed by atoms with Gasteiger partial charge in [0.05, 0.1) is 11.5 Å². The Morgan fingerprint density at radius 2 is 2.09 bits per heavy atom. The fourth-order valence-electron chi connectivity index (χ4n) is 3.27. The lowest BCUT2D eigenvalue weighted by molar-refractivity contribution is 0.262. The van der Waals surface area contributed by atoms with Gasteiger partial charge >= 0.3 is 0 Å². The van der Waals surface area contributed by atoms with Crippen LogP contribution in [0.3, 0.4) is 0 Å². The van der Waals surface area contributed by atoms with E-state index in [0.29, 0.717) is 18.0 Å². The molecule has 6 heteroatoms. The topological polar surface area (TPSA) is 58.6 Å². The van der Waals surface area contributed by atoms with Gasteiger partial charge in [-0.25, -0.2) is 8.42 Å². The summed E-state index contributed by atoms with van der Waals surface area (Å²) >= 11 is 0. The standard InChI is InChI=1S/C16H24N2O3S/c1-2-10-18(14-5-8-17-9-6-14)22(19,20)15-3-4-16-13(12-15)7-11-21-16/h3-4,12,14,17H,2,5-11H2,1H3. The Balaban J connectivity index is 1.91. The lowest BCUT2D eigenvalue weighted by Crippen LogP contribution is -2.46. The summed E-state index contributed by atoms with van der Waals surface area (Å²) in [6.07, 6.45) is 3.39. The first-order valence-corrected chi connectivity index (χ1v) is 9.55. The molecule has 0 radical (unpaired) electrons. The largest absolute Gasteiger partial charge is 0.493 e. The number of benzene rings is 1. The molecular formula is C16H24N2O3S. The van der Waals surface area contributed by atoms with Gasteiger partial charge in [-0.15, -0.1) is 0 Å². The Kier molecular flexibility index (Phi) is 4.70. The van der Waals surface area contributed by atoms with Crippen molar-refractivity contribution in [3.05, 3.63) is 23.8 Å². The van der Waals surface area contributed by atoms with Crippen LogP contribution < -0.4 is 10.1 Å². The van der Waals surface area contributed by atoms with E-state index in [1.807, 2.05) is 6.92 Å². The molecule has 2 aliphatic heterocycles. The molecule has 2 aliphatic rings. The predicted octanol–water partition coefficient (Wildman–Crippen LogP) is 1.77. The molecule has 0 unspecified atom stereocenters. The van der Waals surface area contributed by atoms with E-state index in [0.717, 1.165) is 50.1 Å². The lowest BCUT2D eigenvalue weighted by Gasteiger charge is -2.33. The summed E-state index contributed by atoms with van der Waals surface area (Å²) in [6.45, 7) is 5.03. The summed E-state index contributed by atoms with van der Waals surface area (Å²) in [5.74, 6) is 0.822. The van der Waals surface area contributed by atoms with E-state index in [1.54, 1.807) is 22.5 Å². The number of piperidine rings is 1. The van der Waals surface area contributed by atoms with Crippen molar-refractivity contribution in [1.29, 1.82) is 0 Å². The van der Waals surface area contributed by atoms with Gasteiger partial charge in [-0.3, -0.25) is 0 Å². The number of nitrogens with zero attached hydrogens (tertiary/aromatic N) is 1. The minimum absolute atomic E-state index is 0.107. The number of hydrogen-bond donors (Lipinski definition) is 1. The van der Waals surface area contributed by atoms with E-state index >= 15 is 0 Å². The van der Waals surface area contributed by atoms with Gasteiger partial charge in [0.25, 0.3) is 0 Å². The fourth-order valence-corrected chi connectivity index (χ4v) is 5.10. The maximum absolute atomic E-state index is 13.1. The Morgan fingerprint density at radius 1 is 1.32 bits per heavy atom. The third-order valence-electron chi connectivity index (χ3n) is 4.43. The first-order chi connectivity index (χ1) is 10.6. The molecule has 0 saturated carbocycles. The van der Waals surface area contributed by atoms with E-state index in [4.69, 9.17) is 4.74 Å². The second kappa shape index (κ2) is 6.56. The Hall–Kier alpha value is -1.11. The molecule has 2 heterocycles. The van der Waals surface area contributed by atoms with Gasteiger partial charge in [0.2, 0.25) is 10.0 Å². The van der Waals surface area contributed by atoms with E-state index in [-0.39, 0.29) is 6.04 Å². The number of fused-ring (bicyclic) bond motifs is 1. The molecule has 0 bridgehead atoms. The number of nitrogens with one attached hydrogen (secondary N) is 1. The van der Waals surface area contributed by atoms with Crippen molar-refractivity contribution >= 4 is 10.0 Å². The van der Waals surface area contributed by atoms with Crippen molar-refractivity contribution in [3.63, 3.8) is 0 Å². The zero-order chi connectivity index (χ0) is 15.6. The molecule has 0 aliphatic carbocycles. The molecule has 1 fully saturated rings. The highest BCUT2D eigenvalue weighted by atomic mass is 32.2. The van der Waals surface area contributed by atoms with Gasteiger partial charge < -0.3 is 10.1 Å². The average molecular weight is 324 g/mol. The van der Waals surface area contributed by atoms with Crippen molar-refractivity contribution < 1.29 is 13.2 Å². The molecular weight excluding hydrogens is 300 g/mol. The second-order valence-corrected chi connectivity index (χ2v) is 7.86. The number of hydrogen-bond acceptors (Lipinski definition) is 4. The summed E-state index contributed by atoms with van der Waals surface area (Å²) in [5, 5.41) is 3.30.